The van der Waals surface area contributed by atoms with Gasteiger partial charge in [-0.15, -0.1) is 0 Å². The minimum atomic E-state index is -0.548. The number of hydrogen-bond acceptors (Lipinski definition) is 1. The zero-order valence-corrected chi connectivity index (χ0v) is 10.9. The van der Waals surface area contributed by atoms with E-state index in [4.69, 9.17) is 5.73 Å². The molecule has 2 rings (SSSR count). The van der Waals surface area contributed by atoms with Gasteiger partial charge in [-0.25, -0.2) is 8.78 Å². The van der Waals surface area contributed by atoms with Crippen LogP contribution in [0.25, 0.3) is 0 Å². The average Bonchev–Trinajstić information content (AvgIpc) is 2.31. The van der Waals surface area contributed by atoms with E-state index in [-0.39, 0.29) is 0 Å². The Labute approximate surface area is 107 Å². The fourth-order valence-electron chi connectivity index (χ4n) is 3.02. The van der Waals surface area contributed by atoms with Gasteiger partial charge in [-0.3, -0.25) is 0 Å². The number of hydrogen-bond donors (Lipinski definition) is 1. The Morgan fingerprint density at radius 2 is 1.72 bits per heavy atom. The molecule has 0 radical (unpaired) electrons. The zero-order chi connectivity index (χ0) is 13.2. The number of rotatable bonds is 3. The van der Waals surface area contributed by atoms with Gasteiger partial charge in [0.15, 0.2) is 0 Å². The van der Waals surface area contributed by atoms with E-state index in [1.165, 1.54) is 25.0 Å². The molecule has 1 saturated carbocycles. The van der Waals surface area contributed by atoms with E-state index in [0.717, 1.165) is 37.7 Å². The predicted molar refractivity (Wildman–Crippen MR) is 69.1 cm³/mol. The Hall–Kier alpha value is -0.960. The van der Waals surface area contributed by atoms with Gasteiger partial charge in [0, 0.05) is 11.6 Å². The minimum Gasteiger partial charge on any atom is -0.321 e. The standard InChI is InChI=1S/C15H21F2N/c1-2-3-11-4-6-15(18,7-5-11)12-8-13(16)10-14(17)9-12/h8-11H,2-7,18H2,1H3. The summed E-state index contributed by atoms with van der Waals surface area (Å²) in [5.74, 6) is -0.346. The molecule has 100 valence electrons. The van der Waals surface area contributed by atoms with Gasteiger partial charge in [-0.05, 0) is 49.3 Å². The van der Waals surface area contributed by atoms with Gasteiger partial charge in [0.25, 0.3) is 0 Å². The second-order valence-corrected chi connectivity index (χ2v) is 5.55. The lowest BCUT2D eigenvalue weighted by Gasteiger charge is -2.37. The maximum absolute atomic E-state index is 13.3. The van der Waals surface area contributed by atoms with Crippen LogP contribution in [0.15, 0.2) is 18.2 Å². The van der Waals surface area contributed by atoms with E-state index in [1.54, 1.807) is 0 Å². The van der Waals surface area contributed by atoms with Crippen LogP contribution in [0.3, 0.4) is 0 Å². The van der Waals surface area contributed by atoms with Gasteiger partial charge >= 0.3 is 0 Å². The Kier molecular flexibility index (Phi) is 4.00. The van der Waals surface area contributed by atoms with Gasteiger partial charge in [-0.1, -0.05) is 19.8 Å². The highest BCUT2D eigenvalue weighted by Gasteiger charge is 2.33. The van der Waals surface area contributed by atoms with Gasteiger partial charge in [0.2, 0.25) is 0 Å². The van der Waals surface area contributed by atoms with E-state index >= 15 is 0 Å². The average molecular weight is 253 g/mol. The summed E-state index contributed by atoms with van der Waals surface area (Å²) in [7, 11) is 0. The molecule has 1 aliphatic rings. The number of halogens is 2. The van der Waals surface area contributed by atoms with Crippen LogP contribution in [0, 0.1) is 17.6 Å². The van der Waals surface area contributed by atoms with Crippen molar-refractivity contribution < 1.29 is 8.78 Å². The summed E-state index contributed by atoms with van der Waals surface area (Å²) < 4.78 is 26.5. The molecule has 0 atom stereocenters. The largest absolute Gasteiger partial charge is 0.321 e. The topological polar surface area (TPSA) is 26.0 Å². The van der Waals surface area contributed by atoms with Crippen molar-refractivity contribution in [3.8, 4) is 0 Å². The molecule has 1 aromatic rings. The second-order valence-electron chi connectivity index (χ2n) is 5.55. The summed E-state index contributed by atoms with van der Waals surface area (Å²) in [6, 6.07) is 3.65. The molecule has 0 unspecified atom stereocenters. The van der Waals surface area contributed by atoms with E-state index in [9.17, 15) is 8.78 Å². The first kappa shape index (κ1) is 13.5. The van der Waals surface area contributed by atoms with E-state index < -0.39 is 17.2 Å². The lowest BCUT2D eigenvalue weighted by Crippen LogP contribution is -2.40. The highest BCUT2D eigenvalue weighted by molar-refractivity contribution is 5.26. The molecule has 1 nitrogen and oxygen atoms in total. The highest BCUT2D eigenvalue weighted by Crippen LogP contribution is 2.39. The number of nitrogens with two attached hydrogens (primary N) is 1. The molecule has 0 heterocycles. The lowest BCUT2D eigenvalue weighted by atomic mass is 9.72. The first-order chi connectivity index (χ1) is 8.53. The van der Waals surface area contributed by atoms with Gasteiger partial charge in [0.05, 0.1) is 0 Å². The maximum atomic E-state index is 13.3. The highest BCUT2D eigenvalue weighted by atomic mass is 19.1. The van der Waals surface area contributed by atoms with Crippen molar-refractivity contribution >= 4 is 0 Å². The molecule has 18 heavy (non-hydrogen) atoms. The summed E-state index contributed by atoms with van der Waals surface area (Å²) in [4.78, 5) is 0. The molecule has 0 bridgehead atoms. The van der Waals surface area contributed by atoms with E-state index in [2.05, 4.69) is 6.92 Å². The summed E-state index contributed by atoms with van der Waals surface area (Å²) in [6.45, 7) is 2.19. The van der Waals surface area contributed by atoms with Gasteiger partial charge < -0.3 is 5.73 Å². The fraction of sp³-hybridized carbons (Fsp3) is 0.600. The maximum Gasteiger partial charge on any atom is 0.126 e. The van der Waals surface area contributed by atoms with Crippen molar-refractivity contribution in [3.05, 3.63) is 35.4 Å². The first-order valence-electron chi connectivity index (χ1n) is 6.79. The van der Waals surface area contributed by atoms with Crippen molar-refractivity contribution in [2.45, 2.75) is 51.0 Å². The monoisotopic (exact) mass is 253 g/mol. The van der Waals surface area contributed by atoms with Crippen LogP contribution in [-0.4, -0.2) is 0 Å². The smallest absolute Gasteiger partial charge is 0.126 e. The second kappa shape index (κ2) is 5.35. The lowest BCUT2D eigenvalue weighted by molar-refractivity contribution is 0.225. The third kappa shape index (κ3) is 2.89. The Balaban J connectivity index is 2.13. The molecule has 2 N–H and O–H groups in total. The van der Waals surface area contributed by atoms with Crippen LogP contribution >= 0.6 is 0 Å². The Bertz CT molecular complexity index is 389. The van der Waals surface area contributed by atoms with Crippen LogP contribution in [0.5, 0.6) is 0 Å². The summed E-state index contributed by atoms with van der Waals surface area (Å²) in [6.07, 6.45) is 6.18. The third-order valence-corrected chi connectivity index (χ3v) is 4.13. The summed E-state index contributed by atoms with van der Waals surface area (Å²) in [5.41, 5.74) is 6.40. The Morgan fingerprint density at radius 1 is 1.17 bits per heavy atom. The molecular formula is C15H21F2N. The van der Waals surface area contributed by atoms with Gasteiger partial charge in [-0.2, -0.15) is 0 Å². The van der Waals surface area contributed by atoms with Crippen molar-refractivity contribution in [2.75, 3.05) is 0 Å². The summed E-state index contributed by atoms with van der Waals surface area (Å²) >= 11 is 0. The zero-order valence-electron chi connectivity index (χ0n) is 10.9. The molecule has 0 amide bonds. The third-order valence-electron chi connectivity index (χ3n) is 4.13. The fourth-order valence-corrected chi connectivity index (χ4v) is 3.02. The van der Waals surface area contributed by atoms with Crippen LogP contribution in [0.1, 0.15) is 51.0 Å². The minimum absolute atomic E-state index is 0.537. The van der Waals surface area contributed by atoms with Crippen molar-refractivity contribution in [2.24, 2.45) is 11.7 Å². The molecule has 1 aliphatic carbocycles. The SMILES string of the molecule is CCCC1CCC(N)(c2cc(F)cc(F)c2)CC1. The molecule has 0 aliphatic heterocycles. The first-order valence-corrected chi connectivity index (χ1v) is 6.79. The Morgan fingerprint density at radius 3 is 2.22 bits per heavy atom. The number of benzene rings is 1. The van der Waals surface area contributed by atoms with E-state index in [0.29, 0.717) is 5.56 Å². The van der Waals surface area contributed by atoms with Crippen LogP contribution in [0.4, 0.5) is 8.78 Å². The van der Waals surface area contributed by atoms with Crippen LogP contribution < -0.4 is 5.73 Å². The van der Waals surface area contributed by atoms with Crippen molar-refractivity contribution in [1.82, 2.24) is 0 Å². The molecule has 1 fully saturated rings. The predicted octanol–water partition coefficient (Wildman–Crippen LogP) is 4.11. The molecule has 1 aromatic carbocycles. The molecule has 0 saturated heterocycles. The van der Waals surface area contributed by atoms with Crippen molar-refractivity contribution in [3.63, 3.8) is 0 Å². The van der Waals surface area contributed by atoms with Crippen LogP contribution in [0.2, 0.25) is 0 Å². The molecular weight excluding hydrogens is 232 g/mol. The van der Waals surface area contributed by atoms with E-state index in [1.807, 2.05) is 0 Å². The van der Waals surface area contributed by atoms with Crippen LogP contribution in [-0.2, 0) is 5.54 Å². The summed E-state index contributed by atoms with van der Waals surface area (Å²) in [5, 5.41) is 0. The van der Waals surface area contributed by atoms with Crippen molar-refractivity contribution in [1.29, 1.82) is 0 Å². The molecule has 3 heteroatoms. The quantitative estimate of drug-likeness (QED) is 0.862. The van der Waals surface area contributed by atoms with Gasteiger partial charge in [0.1, 0.15) is 11.6 Å². The molecule has 0 aromatic heterocycles. The molecule has 0 spiro atoms. The normalized spacial score (nSPS) is 28.3.